The van der Waals surface area contributed by atoms with Crippen molar-refractivity contribution in [2.75, 3.05) is 0 Å². The van der Waals surface area contributed by atoms with E-state index in [1.54, 1.807) is 0 Å². The summed E-state index contributed by atoms with van der Waals surface area (Å²) in [6.07, 6.45) is 0. The fraction of sp³-hybridized carbons (Fsp3) is 0.353. The molecule has 0 aliphatic carbocycles. The maximum Gasteiger partial charge on any atom is 0.219 e. The molecule has 3 nitrogen and oxygen atoms in total. The zero-order valence-corrected chi connectivity index (χ0v) is 14.5. The Balaban J connectivity index is 2.14. The van der Waals surface area contributed by atoms with E-state index in [1.807, 2.05) is 30.3 Å². The second-order valence-electron chi connectivity index (χ2n) is 5.48. The number of hydrogen-bond acceptors (Lipinski definition) is 3. The fourth-order valence-electron chi connectivity index (χ4n) is 2.01. The summed E-state index contributed by atoms with van der Waals surface area (Å²) in [5.74, 6) is 1.44. The molecule has 1 aromatic carbocycles. The molecule has 0 saturated heterocycles. The average Bonchev–Trinajstić information content (AvgIpc) is 2.43. The van der Waals surface area contributed by atoms with Crippen molar-refractivity contribution >= 4 is 15.9 Å². The smallest absolute Gasteiger partial charge is 0.219 e. The highest BCUT2D eigenvalue weighted by Crippen LogP contribution is 2.28. The Morgan fingerprint density at radius 2 is 1.86 bits per heavy atom. The third kappa shape index (κ3) is 4.55. The molecule has 0 unspecified atom stereocenters. The molecule has 2 rings (SSSR count). The molecular formula is C17H21BrN2O. The number of benzene rings is 1. The van der Waals surface area contributed by atoms with Gasteiger partial charge in [-0.2, -0.15) is 0 Å². The summed E-state index contributed by atoms with van der Waals surface area (Å²) < 4.78 is 7.01. The van der Waals surface area contributed by atoms with Gasteiger partial charge in [-0.1, -0.05) is 35.8 Å². The van der Waals surface area contributed by atoms with Gasteiger partial charge in [0.05, 0.1) is 5.69 Å². The summed E-state index contributed by atoms with van der Waals surface area (Å²) in [6, 6.07) is 10.3. The van der Waals surface area contributed by atoms with Crippen LogP contribution in [0.5, 0.6) is 11.6 Å². The Labute approximate surface area is 134 Å². The number of ether oxygens (including phenoxy) is 1. The lowest BCUT2D eigenvalue weighted by Crippen LogP contribution is -2.22. The minimum Gasteiger partial charge on any atom is -0.439 e. The molecule has 0 saturated carbocycles. The van der Waals surface area contributed by atoms with Crippen LogP contribution in [0.1, 0.15) is 30.7 Å². The second kappa shape index (κ2) is 7.05. The fourth-order valence-corrected chi connectivity index (χ4v) is 2.24. The molecule has 0 aliphatic rings. The molecular weight excluding hydrogens is 328 g/mol. The van der Waals surface area contributed by atoms with Gasteiger partial charge < -0.3 is 10.1 Å². The molecule has 0 bridgehead atoms. The Morgan fingerprint density at radius 3 is 2.48 bits per heavy atom. The number of nitrogens with zero attached hydrogens (tertiary/aromatic N) is 1. The van der Waals surface area contributed by atoms with Crippen molar-refractivity contribution in [3.05, 3.63) is 51.6 Å². The van der Waals surface area contributed by atoms with Gasteiger partial charge in [0.1, 0.15) is 5.75 Å². The van der Waals surface area contributed by atoms with Crippen LogP contribution in [0, 0.1) is 13.8 Å². The van der Waals surface area contributed by atoms with Crippen molar-refractivity contribution in [1.82, 2.24) is 10.3 Å². The van der Waals surface area contributed by atoms with E-state index in [1.165, 1.54) is 0 Å². The van der Waals surface area contributed by atoms with E-state index in [4.69, 9.17) is 4.74 Å². The predicted octanol–water partition coefficient (Wildman–Crippen LogP) is 4.75. The van der Waals surface area contributed by atoms with E-state index in [0.717, 1.165) is 33.6 Å². The molecule has 0 spiro atoms. The van der Waals surface area contributed by atoms with Gasteiger partial charge in [-0.05, 0) is 43.2 Å². The minimum atomic E-state index is 0.438. The van der Waals surface area contributed by atoms with Gasteiger partial charge in [-0.15, -0.1) is 0 Å². The number of aryl methyl sites for hydroxylation is 2. The Kier molecular flexibility index (Phi) is 5.37. The highest BCUT2D eigenvalue weighted by atomic mass is 79.9. The van der Waals surface area contributed by atoms with Crippen LogP contribution in [-0.4, -0.2) is 11.0 Å². The van der Waals surface area contributed by atoms with Crippen LogP contribution in [-0.2, 0) is 6.54 Å². The number of rotatable bonds is 5. The first kappa shape index (κ1) is 16.0. The Hall–Kier alpha value is -1.39. The third-order valence-electron chi connectivity index (χ3n) is 3.11. The standard InChI is InChI=1S/C17H21BrN2O/c1-11(2)19-10-14-6-5-7-16(20-14)21-15-8-12(3)17(18)13(4)9-15/h5-9,11,19H,10H2,1-4H3. The molecule has 2 aromatic rings. The maximum absolute atomic E-state index is 5.88. The van der Waals surface area contributed by atoms with Crippen LogP contribution >= 0.6 is 15.9 Å². The van der Waals surface area contributed by atoms with E-state index < -0.39 is 0 Å². The molecule has 112 valence electrons. The van der Waals surface area contributed by atoms with Crippen molar-refractivity contribution in [3.8, 4) is 11.6 Å². The zero-order valence-electron chi connectivity index (χ0n) is 12.9. The summed E-state index contributed by atoms with van der Waals surface area (Å²) in [4.78, 5) is 4.53. The molecule has 4 heteroatoms. The molecule has 0 radical (unpaired) electrons. The highest BCUT2D eigenvalue weighted by Gasteiger charge is 2.06. The van der Waals surface area contributed by atoms with Gasteiger partial charge >= 0.3 is 0 Å². The van der Waals surface area contributed by atoms with Crippen LogP contribution in [0.25, 0.3) is 0 Å². The first-order valence-electron chi connectivity index (χ1n) is 7.09. The summed E-state index contributed by atoms with van der Waals surface area (Å²) in [5, 5.41) is 3.35. The number of aromatic nitrogens is 1. The van der Waals surface area contributed by atoms with Gasteiger partial charge in [0.15, 0.2) is 0 Å². The molecule has 0 atom stereocenters. The van der Waals surface area contributed by atoms with Crippen molar-refractivity contribution in [2.24, 2.45) is 0 Å². The first-order valence-corrected chi connectivity index (χ1v) is 7.89. The molecule has 1 heterocycles. The van der Waals surface area contributed by atoms with Crippen molar-refractivity contribution < 1.29 is 4.74 Å². The quantitative estimate of drug-likeness (QED) is 0.846. The van der Waals surface area contributed by atoms with Gasteiger partial charge in [-0.25, -0.2) is 4.98 Å². The van der Waals surface area contributed by atoms with Gasteiger partial charge in [-0.3, -0.25) is 0 Å². The molecule has 0 aliphatic heterocycles. The lowest BCUT2D eigenvalue weighted by Gasteiger charge is -2.11. The van der Waals surface area contributed by atoms with Gasteiger partial charge in [0.2, 0.25) is 5.88 Å². The number of pyridine rings is 1. The summed E-state index contributed by atoms with van der Waals surface area (Å²) >= 11 is 3.56. The van der Waals surface area contributed by atoms with E-state index in [-0.39, 0.29) is 0 Å². The lowest BCUT2D eigenvalue weighted by atomic mass is 10.1. The Morgan fingerprint density at radius 1 is 1.19 bits per heavy atom. The lowest BCUT2D eigenvalue weighted by molar-refractivity contribution is 0.457. The molecule has 1 N–H and O–H groups in total. The van der Waals surface area contributed by atoms with Gasteiger partial charge in [0, 0.05) is 23.1 Å². The third-order valence-corrected chi connectivity index (χ3v) is 4.36. The Bertz CT molecular complexity index is 603. The van der Waals surface area contributed by atoms with Gasteiger partial charge in [0.25, 0.3) is 0 Å². The summed E-state index contributed by atoms with van der Waals surface area (Å²) in [5.41, 5.74) is 3.29. The summed E-state index contributed by atoms with van der Waals surface area (Å²) in [6.45, 7) is 9.09. The second-order valence-corrected chi connectivity index (χ2v) is 6.27. The minimum absolute atomic E-state index is 0.438. The molecule has 0 amide bonds. The summed E-state index contributed by atoms with van der Waals surface area (Å²) in [7, 11) is 0. The zero-order chi connectivity index (χ0) is 15.4. The SMILES string of the molecule is Cc1cc(Oc2cccc(CNC(C)C)n2)cc(C)c1Br. The largest absolute Gasteiger partial charge is 0.439 e. The number of halogens is 1. The van der Waals surface area contributed by atoms with Crippen molar-refractivity contribution in [3.63, 3.8) is 0 Å². The van der Waals surface area contributed by atoms with Crippen molar-refractivity contribution in [2.45, 2.75) is 40.3 Å². The van der Waals surface area contributed by atoms with E-state index in [0.29, 0.717) is 11.9 Å². The predicted molar refractivity (Wildman–Crippen MR) is 89.9 cm³/mol. The van der Waals surface area contributed by atoms with E-state index >= 15 is 0 Å². The topological polar surface area (TPSA) is 34.1 Å². The van der Waals surface area contributed by atoms with Crippen LogP contribution in [0.2, 0.25) is 0 Å². The van der Waals surface area contributed by atoms with Crippen LogP contribution < -0.4 is 10.1 Å². The van der Waals surface area contributed by atoms with E-state index in [2.05, 4.69) is 53.9 Å². The normalized spacial score (nSPS) is 11.0. The van der Waals surface area contributed by atoms with Crippen LogP contribution in [0.15, 0.2) is 34.8 Å². The molecule has 1 aromatic heterocycles. The van der Waals surface area contributed by atoms with E-state index in [9.17, 15) is 0 Å². The van der Waals surface area contributed by atoms with Crippen molar-refractivity contribution in [1.29, 1.82) is 0 Å². The number of hydrogen-bond donors (Lipinski definition) is 1. The average molecular weight is 349 g/mol. The first-order chi connectivity index (χ1) is 9.95. The van der Waals surface area contributed by atoms with Crippen LogP contribution in [0.3, 0.4) is 0 Å². The monoisotopic (exact) mass is 348 g/mol. The maximum atomic E-state index is 5.88. The molecule has 21 heavy (non-hydrogen) atoms. The number of nitrogens with one attached hydrogen (secondary N) is 1. The van der Waals surface area contributed by atoms with Crippen LogP contribution in [0.4, 0.5) is 0 Å². The highest BCUT2D eigenvalue weighted by molar-refractivity contribution is 9.10. The molecule has 0 fully saturated rings.